The molecule has 0 saturated heterocycles. The second kappa shape index (κ2) is 4.26. The fraction of sp³-hybridized carbons (Fsp3) is 0.250. The molecule has 0 amide bonds. The van der Waals surface area contributed by atoms with E-state index >= 15 is 0 Å². The van der Waals surface area contributed by atoms with Gasteiger partial charge in [0.2, 0.25) is 0 Å². The van der Waals surface area contributed by atoms with Crippen LogP contribution in [0.5, 0.6) is 0 Å². The standard InChI is InChI=1S/C8H12BNO2/c10-8(6-9(11)12)7-4-2-1-3-5-7/h1-5,8,11-12H,6,10H2. The van der Waals surface area contributed by atoms with Crippen molar-refractivity contribution in [3.8, 4) is 0 Å². The summed E-state index contributed by atoms with van der Waals surface area (Å²) in [6.45, 7) is 0. The summed E-state index contributed by atoms with van der Waals surface area (Å²) in [5, 5.41) is 17.3. The van der Waals surface area contributed by atoms with Crippen molar-refractivity contribution in [1.82, 2.24) is 0 Å². The van der Waals surface area contributed by atoms with Crippen molar-refractivity contribution >= 4 is 7.12 Å². The lowest BCUT2D eigenvalue weighted by molar-refractivity contribution is 0.399. The molecule has 0 aliphatic rings. The van der Waals surface area contributed by atoms with E-state index in [0.717, 1.165) is 5.56 Å². The predicted octanol–water partition coefficient (Wildman–Crippen LogP) is 0.159. The average Bonchev–Trinajstić information content (AvgIpc) is 2.05. The Morgan fingerprint density at radius 2 is 1.83 bits per heavy atom. The minimum absolute atomic E-state index is 0.171. The zero-order chi connectivity index (χ0) is 8.97. The maximum absolute atomic E-state index is 8.66. The Kier molecular flexibility index (Phi) is 3.28. The normalized spacial score (nSPS) is 12.6. The van der Waals surface area contributed by atoms with Crippen molar-refractivity contribution in [3.63, 3.8) is 0 Å². The van der Waals surface area contributed by atoms with Crippen LogP contribution in [-0.2, 0) is 0 Å². The summed E-state index contributed by atoms with van der Waals surface area (Å²) in [5.41, 5.74) is 6.60. The molecule has 4 N–H and O–H groups in total. The lowest BCUT2D eigenvalue weighted by atomic mass is 9.80. The quantitative estimate of drug-likeness (QED) is 0.558. The first kappa shape index (κ1) is 9.25. The van der Waals surface area contributed by atoms with Gasteiger partial charge in [0.1, 0.15) is 0 Å². The molecule has 0 heterocycles. The molecule has 1 aromatic rings. The molecule has 0 aromatic heterocycles. The Labute approximate surface area is 72.0 Å². The fourth-order valence-electron chi connectivity index (χ4n) is 1.06. The number of rotatable bonds is 3. The highest BCUT2D eigenvalue weighted by atomic mass is 16.4. The van der Waals surface area contributed by atoms with Gasteiger partial charge in [-0.05, 0) is 5.56 Å². The minimum Gasteiger partial charge on any atom is -0.427 e. The molecule has 1 aromatic carbocycles. The summed E-state index contributed by atoms with van der Waals surface area (Å²) in [4.78, 5) is 0. The molecule has 1 unspecified atom stereocenters. The summed E-state index contributed by atoms with van der Waals surface area (Å²) in [7, 11) is -1.33. The number of hydrogen-bond donors (Lipinski definition) is 3. The van der Waals surface area contributed by atoms with Crippen molar-refractivity contribution in [1.29, 1.82) is 0 Å². The van der Waals surface area contributed by atoms with Crippen molar-refractivity contribution < 1.29 is 10.0 Å². The highest BCUT2D eigenvalue weighted by molar-refractivity contribution is 6.41. The summed E-state index contributed by atoms with van der Waals surface area (Å²) < 4.78 is 0. The molecule has 0 spiro atoms. The molecule has 0 radical (unpaired) electrons. The van der Waals surface area contributed by atoms with Crippen LogP contribution in [0.15, 0.2) is 30.3 Å². The van der Waals surface area contributed by atoms with E-state index < -0.39 is 7.12 Å². The van der Waals surface area contributed by atoms with Crippen LogP contribution in [0.2, 0.25) is 6.32 Å². The van der Waals surface area contributed by atoms with E-state index in [1.807, 2.05) is 30.3 Å². The Bertz CT molecular complexity index is 228. The minimum atomic E-state index is -1.33. The smallest absolute Gasteiger partial charge is 0.427 e. The Morgan fingerprint density at radius 1 is 1.25 bits per heavy atom. The van der Waals surface area contributed by atoms with Crippen LogP contribution in [0.1, 0.15) is 11.6 Å². The monoisotopic (exact) mass is 165 g/mol. The second-order valence-corrected chi connectivity index (χ2v) is 2.73. The molecule has 0 saturated carbocycles. The molecule has 64 valence electrons. The van der Waals surface area contributed by atoms with Crippen molar-refractivity contribution in [3.05, 3.63) is 35.9 Å². The fourth-order valence-corrected chi connectivity index (χ4v) is 1.06. The van der Waals surface area contributed by atoms with Gasteiger partial charge in [-0.3, -0.25) is 0 Å². The highest BCUT2D eigenvalue weighted by Gasteiger charge is 2.14. The maximum Gasteiger partial charge on any atom is 0.453 e. The zero-order valence-corrected chi connectivity index (χ0v) is 6.72. The lowest BCUT2D eigenvalue weighted by Crippen LogP contribution is -2.20. The van der Waals surface area contributed by atoms with Crippen LogP contribution in [0, 0.1) is 0 Å². The molecule has 0 fully saturated rings. The van der Waals surface area contributed by atoms with E-state index in [1.165, 1.54) is 0 Å². The van der Waals surface area contributed by atoms with Gasteiger partial charge in [0.05, 0.1) is 0 Å². The van der Waals surface area contributed by atoms with Gasteiger partial charge in [0.15, 0.2) is 0 Å². The molecular formula is C8H12BNO2. The van der Waals surface area contributed by atoms with Crippen molar-refractivity contribution in [2.45, 2.75) is 12.4 Å². The lowest BCUT2D eigenvalue weighted by Gasteiger charge is -2.10. The summed E-state index contributed by atoms with van der Waals surface area (Å²) in [5.74, 6) is 0. The molecule has 4 heteroatoms. The van der Waals surface area contributed by atoms with Gasteiger partial charge in [-0.1, -0.05) is 30.3 Å². The molecule has 0 aliphatic carbocycles. The van der Waals surface area contributed by atoms with Crippen molar-refractivity contribution in [2.75, 3.05) is 0 Å². The largest absolute Gasteiger partial charge is 0.453 e. The van der Waals surface area contributed by atoms with Crippen LogP contribution in [0.25, 0.3) is 0 Å². The predicted molar refractivity (Wildman–Crippen MR) is 48.4 cm³/mol. The van der Waals surface area contributed by atoms with Crippen LogP contribution < -0.4 is 5.73 Å². The Morgan fingerprint density at radius 3 is 2.33 bits per heavy atom. The van der Waals surface area contributed by atoms with Gasteiger partial charge >= 0.3 is 7.12 Å². The van der Waals surface area contributed by atoms with E-state index in [-0.39, 0.29) is 12.4 Å². The van der Waals surface area contributed by atoms with Crippen LogP contribution in [-0.4, -0.2) is 17.2 Å². The van der Waals surface area contributed by atoms with Gasteiger partial charge in [-0.15, -0.1) is 0 Å². The van der Waals surface area contributed by atoms with Gasteiger partial charge in [0.25, 0.3) is 0 Å². The molecule has 0 aliphatic heterocycles. The van der Waals surface area contributed by atoms with Crippen LogP contribution in [0.4, 0.5) is 0 Å². The molecular weight excluding hydrogens is 153 g/mol. The zero-order valence-electron chi connectivity index (χ0n) is 6.72. The molecule has 12 heavy (non-hydrogen) atoms. The summed E-state index contributed by atoms with van der Waals surface area (Å²) in [6, 6.07) is 9.08. The molecule has 0 bridgehead atoms. The third-order valence-electron chi connectivity index (χ3n) is 1.69. The SMILES string of the molecule is NC(CB(O)O)c1ccccc1. The first-order chi connectivity index (χ1) is 5.70. The maximum atomic E-state index is 8.66. The van der Waals surface area contributed by atoms with Gasteiger partial charge in [0, 0.05) is 12.4 Å². The molecule has 3 nitrogen and oxygen atoms in total. The van der Waals surface area contributed by atoms with Gasteiger partial charge in [-0.25, -0.2) is 0 Å². The van der Waals surface area contributed by atoms with E-state index in [1.54, 1.807) is 0 Å². The van der Waals surface area contributed by atoms with Gasteiger partial charge < -0.3 is 15.8 Å². The van der Waals surface area contributed by atoms with E-state index in [0.29, 0.717) is 0 Å². The number of benzene rings is 1. The summed E-state index contributed by atoms with van der Waals surface area (Å²) in [6.07, 6.45) is 0.171. The van der Waals surface area contributed by atoms with E-state index in [4.69, 9.17) is 15.8 Å². The molecule has 1 atom stereocenters. The van der Waals surface area contributed by atoms with E-state index in [9.17, 15) is 0 Å². The third-order valence-corrected chi connectivity index (χ3v) is 1.69. The first-order valence-electron chi connectivity index (χ1n) is 3.87. The number of hydrogen-bond acceptors (Lipinski definition) is 3. The Hall–Kier alpha value is -0.835. The second-order valence-electron chi connectivity index (χ2n) is 2.73. The third kappa shape index (κ3) is 2.66. The first-order valence-corrected chi connectivity index (χ1v) is 3.87. The van der Waals surface area contributed by atoms with E-state index in [2.05, 4.69) is 0 Å². The van der Waals surface area contributed by atoms with Crippen LogP contribution >= 0.6 is 0 Å². The van der Waals surface area contributed by atoms with Crippen LogP contribution in [0.3, 0.4) is 0 Å². The summed E-state index contributed by atoms with van der Waals surface area (Å²) >= 11 is 0. The molecule has 1 rings (SSSR count). The van der Waals surface area contributed by atoms with Crippen molar-refractivity contribution in [2.24, 2.45) is 5.73 Å². The topological polar surface area (TPSA) is 66.5 Å². The number of nitrogens with two attached hydrogens (primary N) is 1. The average molecular weight is 165 g/mol. The Balaban J connectivity index is 2.59. The van der Waals surface area contributed by atoms with Gasteiger partial charge in [-0.2, -0.15) is 0 Å². The highest BCUT2D eigenvalue weighted by Crippen LogP contribution is 2.13.